The van der Waals surface area contributed by atoms with Gasteiger partial charge in [-0.05, 0) is 75.3 Å². The highest BCUT2D eigenvalue weighted by Crippen LogP contribution is 2.58. The molecule has 0 saturated heterocycles. The van der Waals surface area contributed by atoms with Gasteiger partial charge >= 0.3 is 0 Å². The van der Waals surface area contributed by atoms with Crippen molar-refractivity contribution in [2.45, 2.75) is 49.7 Å². The molecule has 4 fully saturated rings. The van der Waals surface area contributed by atoms with E-state index >= 15 is 0 Å². The molecule has 4 aliphatic rings. The van der Waals surface area contributed by atoms with Crippen LogP contribution in [-0.4, -0.2) is 18.2 Å². The second kappa shape index (κ2) is 4.48. The molecule has 108 valence electrons. The summed E-state index contributed by atoms with van der Waals surface area (Å²) >= 11 is 3.49. The second-order valence-electron chi connectivity index (χ2n) is 7.23. The van der Waals surface area contributed by atoms with E-state index in [1.54, 1.807) is 0 Å². The zero-order chi connectivity index (χ0) is 13.8. The maximum Gasteiger partial charge on any atom is 0.120 e. The number of ether oxygens (including phenoxy) is 1. The average Bonchev–Trinajstić information content (AvgIpc) is 2.40. The molecule has 0 radical (unpaired) electrons. The highest BCUT2D eigenvalue weighted by atomic mass is 79.9. The van der Waals surface area contributed by atoms with Crippen molar-refractivity contribution in [1.29, 1.82) is 0 Å². The van der Waals surface area contributed by atoms with Gasteiger partial charge in [0.15, 0.2) is 0 Å². The lowest BCUT2D eigenvalue weighted by molar-refractivity contribution is -0.125. The number of hydrogen-bond acceptors (Lipinski definition) is 2. The zero-order valence-corrected chi connectivity index (χ0v) is 13.6. The fourth-order valence-corrected chi connectivity index (χ4v) is 5.61. The van der Waals surface area contributed by atoms with Crippen LogP contribution in [0.15, 0.2) is 28.7 Å². The van der Waals surface area contributed by atoms with Crippen LogP contribution in [0.5, 0.6) is 5.75 Å². The van der Waals surface area contributed by atoms with Gasteiger partial charge in [-0.25, -0.2) is 0 Å². The van der Waals surface area contributed by atoms with E-state index in [-0.39, 0.29) is 5.60 Å². The second-order valence-corrected chi connectivity index (χ2v) is 8.15. The van der Waals surface area contributed by atoms with Crippen LogP contribution in [0.2, 0.25) is 0 Å². The van der Waals surface area contributed by atoms with Crippen molar-refractivity contribution in [3.05, 3.63) is 28.7 Å². The predicted octanol–water partition coefficient (Wildman–Crippen LogP) is 4.14. The van der Waals surface area contributed by atoms with Crippen LogP contribution >= 0.6 is 15.9 Å². The third kappa shape index (κ3) is 2.10. The van der Waals surface area contributed by atoms with Gasteiger partial charge in [-0.1, -0.05) is 15.9 Å². The van der Waals surface area contributed by atoms with Crippen LogP contribution < -0.4 is 10.1 Å². The highest BCUT2D eigenvalue weighted by Gasteiger charge is 2.58. The first-order valence-electron chi connectivity index (χ1n) is 7.74. The fourth-order valence-electron chi connectivity index (χ4n) is 5.34. The van der Waals surface area contributed by atoms with E-state index in [4.69, 9.17) is 4.74 Å². The lowest BCUT2D eigenvalue weighted by Crippen LogP contribution is -2.65. The molecule has 4 bridgehead atoms. The van der Waals surface area contributed by atoms with E-state index in [0.29, 0.717) is 5.54 Å². The normalized spacial score (nSPS) is 41.9. The molecule has 4 saturated carbocycles. The van der Waals surface area contributed by atoms with E-state index in [1.165, 1.54) is 38.5 Å². The molecule has 4 aliphatic carbocycles. The summed E-state index contributed by atoms with van der Waals surface area (Å²) in [6.45, 7) is 0. The molecule has 0 aromatic heterocycles. The standard InChI is InChI=1S/C17H22BrNO/c1-19-16-7-12-6-13(8-16)10-17(9-12,11-16)20-15-4-2-14(18)3-5-15/h2-5,12-13,19H,6-11H2,1H3. The summed E-state index contributed by atoms with van der Waals surface area (Å²) in [6.07, 6.45) is 7.82. The van der Waals surface area contributed by atoms with Gasteiger partial charge in [-0.3, -0.25) is 0 Å². The summed E-state index contributed by atoms with van der Waals surface area (Å²) in [6, 6.07) is 8.33. The number of rotatable bonds is 3. The van der Waals surface area contributed by atoms with Gasteiger partial charge in [0.25, 0.3) is 0 Å². The molecular weight excluding hydrogens is 314 g/mol. The van der Waals surface area contributed by atoms with Gasteiger partial charge in [0, 0.05) is 16.4 Å². The fraction of sp³-hybridized carbons (Fsp3) is 0.647. The Hall–Kier alpha value is -0.540. The van der Waals surface area contributed by atoms with Crippen molar-refractivity contribution in [3.8, 4) is 5.75 Å². The molecule has 0 spiro atoms. The monoisotopic (exact) mass is 335 g/mol. The van der Waals surface area contributed by atoms with Gasteiger partial charge in [0.2, 0.25) is 0 Å². The Balaban J connectivity index is 1.62. The molecule has 3 heteroatoms. The summed E-state index contributed by atoms with van der Waals surface area (Å²) in [4.78, 5) is 0. The summed E-state index contributed by atoms with van der Waals surface area (Å²) in [7, 11) is 2.14. The molecular formula is C17H22BrNO. The van der Waals surface area contributed by atoms with Crippen LogP contribution in [0.4, 0.5) is 0 Å². The lowest BCUT2D eigenvalue weighted by atomic mass is 9.51. The topological polar surface area (TPSA) is 21.3 Å². The van der Waals surface area contributed by atoms with E-state index in [0.717, 1.165) is 22.1 Å². The van der Waals surface area contributed by atoms with E-state index in [1.807, 2.05) is 0 Å². The van der Waals surface area contributed by atoms with Crippen LogP contribution in [0.25, 0.3) is 0 Å². The number of hydrogen-bond donors (Lipinski definition) is 1. The zero-order valence-electron chi connectivity index (χ0n) is 12.0. The summed E-state index contributed by atoms with van der Waals surface area (Å²) in [5.41, 5.74) is 0.431. The van der Waals surface area contributed by atoms with Gasteiger partial charge < -0.3 is 10.1 Å². The lowest BCUT2D eigenvalue weighted by Gasteiger charge is -2.61. The summed E-state index contributed by atoms with van der Waals surface area (Å²) < 4.78 is 7.65. The average molecular weight is 336 g/mol. The molecule has 1 aromatic carbocycles. The van der Waals surface area contributed by atoms with Gasteiger partial charge in [-0.15, -0.1) is 0 Å². The summed E-state index contributed by atoms with van der Waals surface area (Å²) in [5.74, 6) is 2.75. The molecule has 0 aliphatic heterocycles. The van der Waals surface area contributed by atoms with Crippen LogP contribution in [0.3, 0.4) is 0 Å². The smallest absolute Gasteiger partial charge is 0.120 e. The minimum absolute atomic E-state index is 0.0842. The minimum Gasteiger partial charge on any atom is -0.487 e. The van der Waals surface area contributed by atoms with E-state index < -0.39 is 0 Å². The van der Waals surface area contributed by atoms with Gasteiger partial charge in [-0.2, -0.15) is 0 Å². The third-order valence-corrected chi connectivity index (χ3v) is 6.21. The Kier molecular flexibility index (Phi) is 2.94. The number of nitrogens with one attached hydrogen (secondary N) is 1. The maximum absolute atomic E-state index is 6.54. The van der Waals surface area contributed by atoms with Crippen molar-refractivity contribution in [2.24, 2.45) is 11.8 Å². The van der Waals surface area contributed by atoms with Crippen LogP contribution in [0, 0.1) is 11.8 Å². The molecule has 0 heterocycles. The Labute approximate surface area is 129 Å². The van der Waals surface area contributed by atoms with Crippen molar-refractivity contribution in [1.82, 2.24) is 5.32 Å². The molecule has 0 amide bonds. The van der Waals surface area contributed by atoms with Crippen LogP contribution in [0.1, 0.15) is 38.5 Å². The molecule has 1 N–H and O–H groups in total. The maximum atomic E-state index is 6.54. The molecule has 2 nitrogen and oxygen atoms in total. The molecule has 1 aromatic rings. The third-order valence-electron chi connectivity index (χ3n) is 5.69. The predicted molar refractivity (Wildman–Crippen MR) is 84.0 cm³/mol. The van der Waals surface area contributed by atoms with E-state index in [9.17, 15) is 0 Å². The number of halogens is 1. The number of benzene rings is 1. The van der Waals surface area contributed by atoms with Gasteiger partial charge in [0.05, 0.1) is 0 Å². The first kappa shape index (κ1) is 13.1. The summed E-state index contributed by atoms with van der Waals surface area (Å²) in [5, 5.41) is 3.64. The Morgan fingerprint density at radius 3 is 2.35 bits per heavy atom. The molecule has 20 heavy (non-hydrogen) atoms. The SMILES string of the molecule is CNC12CC3CC(C1)CC(Oc1ccc(Br)cc1)(C3)C2. The first-order chi connectivity index (χ1) is 9.60. The molecule has 5 rings (SSSR count). The Bertz CT molecular complexity index is 498. The quantitative estimate of drug-likeness (QED) is 0.896. The van der Waals surface area contributed by atoms with Gasteiger partial charge in [0.1, 0.15) is 11.4 Å². The van der Waals surface area contributed by atoms with Crippen LogP contribution in [-0.2, 0) is 0 Å². The van der Waals surface area contributed by atoms with Crippen molar-refractivity contribution in [2.75, 3.05) is 7.05 Å². The van der Waals surface area contributed by atoms with E-state index in [2.05, 4.69) is 52.6 Å². The van der Waals surface area contributed by atoms with Crippen molar-refractivity contribution >= 4 is 15.9 Å². The molecule has 2 unspecified atom stereocenters. The minimum atomic E-state index is 0.0842. The Morgan fingerprint density at radius 1 is 1.10 bits per heavy atom. The first-order valence-corrected chi connectivity index (χ1v) is 8.53. The highest BCUT2D eigenvalue weighted by molar-refractivity contribution is 9.10. The Morgan fingerprint density at radius 2 is 1.75 bits per heavy atom. The van der Waals surface area contributed by atoms with Crippen molar-refractivity contribution in [3.63, 3.8) is 0 Å². The molecule has 2 atom stereocenters. The van der Waals surface area contributed by atoms with Crippen molar-refractivity contribution < 1.29 is 4.74 Å². The largest absolute Gasteiger partial charge is 0.487 e.